The number of aromatic nitrogens is 2. The number of rotatable bonds is 10. The monoisotopic (exact) mass is 690 g/mol. The molecule has 3 aromatic carbocycles. The summed E-state index contributed by atoms with van der Waals surface area (Å²) in [5.41, 5.74) is 6.09. The number of carbonyl (C=O) groups is 1. The Morgan fingerprint density at radius 2 is 1.52 bits per heavy atom. The van der Waals surface area contributed by atoms with Crippen molar-refractivity contribution in [1.82, 2.24) is 20.6 Å². The molecule has 50 heavy (non-hydrogen) atoms. The molecule has 2 amide bonds. The predicted octanol–water partition coefficient (Wildman–Crippen LogP) is 7.99. The highest BCUT2D eigenvalue weighted by molar-refractivity contribution is 7.99. The molecule has 4 saturated carbocycles. The van der Waals surface area contributed by atoms with Gasteiger partial charge in [0.25, 0.3) is 0 Å². The first-order valence-corrected chi connectivity index (χ1v) is 19.1. The first-order chi connectivity index (χ1) is 24.4. The Kier molecular flexibility index (Phi) is 9.66. The van der Waals surface area contributed by atoms with E-state index in [1.54, 1.807) is 24.2 Å². The molecule has 4 aromatic rings. The number of aliphatic hydroxyl groups is 1. The summed E-state index contributed by atoms with van der Waals surface area (Å²) in [4.78, 5) is 22.0. The number of ether oxygens (including phenoxy) is 2. The van der Waals surface area contributed by atoms with Crippen LogP contribution in [0.1, 0.15) is 80.1 Å². The molecule has 260 valence electrons. The van der Waals surface area contributed by atoms with Crippen LogP contribution in [-0.4, -0.2) is 38.5 Å². The van der Waals surface area contributed by atoms with Crippen LogP contribution in [0.2, 0.25) is 0 Å². The molecule has 9 heteroatoms. The molecule has 4 unspecified atom stereocenters. The molecule has 5 fully saturated rings. The maximum atomic E-state index is 13.2. The van der Waals surface area contributed by atoms with Crippen LogP contribution in [0.15, 0.2) is 96.4 Å². The first-order valence-electron chi connectivity index (χ1n) is 18.1. The normalized spacial score (nSPS) is 29.8. The zero-order valence-corrected chi connectivity index (χ0v) is 29.4. The third-order valence-electron chi connectivity index (χ3n) is 11.4. The largest absolute Gasteiger partial charge is 0.392 e. The van der Waals surface area contributed by atoms with Gasteiger partial charge in [-0.2, -0.15) is 0 Å². The Bertz CT molecular complexity index is 1730. The van der Waals surface area contributed by atoms with E-state index in [1.165, 1.54) is 19.3 Å². The Hall–Kier alpha value is -3.76. The van der Waals surface area contributed by atoms with Gasteiger partial charge in [-0.25, -0.2) is 14.8 Å². The van der Waals surface area contributed by atoms with Crippen LogP contribution in [0.3, 0.4) is 0 Å². The van der Waals surface area contributed by atoms with Crippen LogP contribution in [0.25, 0.3) is 11.1 Å². The third kappa shape index (κ3) is 7.19. The Labute approximate surface area is 298 Å². The Morgan fingerprint density at radius 3 is 2.20 bits per heavy atom. The van der Waals surface area contributed by atoms with E-state index >= 15 is 0 Å². The van der Waals surface area contributed by atoms with Gasteiger partial charge in [-0.3, -0.25) is 0 Å². The van der Waals surface area contributed by atoms with Crippen molar-refractivity contribution >= 4 is 17.8 Å². The van der Waals surface area contributed by atoms with Crippen LogP contribution in [-0.2, 0) is 22.6 Å². The van der Waals surface area contributed by atoms with Crippen molar-refractivity contribution in [2.45, 2.75) is 87.8 Å². The van der Waals surface area contributed by atoms with Gasteiger partial charge in [-0.15, -0.1) is 0 Å². The average molecular weight is 691 g/mol. The van der Waals surface area contributed by atoms with E-state index in [4.69, 9.17) is 9.47 Å². The molecule has 5 aliphatic rings. The zero-order chi connectivity index (χ0) is 34.1. The van der Waals surface area contributed by atoms with Gasteiger partial charge in [0, 0.05) is 41.7 Å². The van der Waals surface area contributed by atoms with Crippen molar-refractivity contribution in [3.05, 3.63) is 114 Å². The van der Waals surface area contributed by atoms with Crippen molar-refractivity contribution in [2.24, 2.45) is 23.7 Å². The average Bonchev–Trinajstić information content (AvgIpc) is 3.13. The topological polar surface area (TPSA) is 106 Å². The second-order valence-corrected chi connectivity index (χ2v) is 15.9. The minimum absolute atomic E-state index is 0.00398. The molecular formula is C41H46N4O4S. The maximum absolute atomic E-state index is 13.2. The molecule has 1 saturated heterocycles. The molecule has 4 atom stereocenters. The lowest BCUT2D eigenvalue weighted by Gasteiger charge is -2.56. The van der Waals surface area contributed by atoms with E-state index in [9.17, 15) is 9.90 Å². The van der Waals surface area contributed by atoms with Crippen LogP contribution in [0, 0.1) is 23.7 Å². The molecule has 1 aromatic heterocycles. The summed E-state index contributed by atoms with van der Waals surface area (Å²) >= 11 is 1.58. The van der Waals surface area contributed by atoms with Gasteiger partial charge in [0.05, 0.1) is 18.8 Å². The summed E-state index contributed by atoms with van der Waals surface area (Å²) in [6.07, 6.45) is 10.1. The third-order valence-corrected chi connectivity index (χ3v) is 12.4. The van der Waals surface area contributed by atoms with Crippen molar-refractivity contribution in [3.63, 3.8) is 0 Å². The van der Waals surface area contributed by atoms with Gasteiger partial charge >= 0.3 is 6.03 Å². The summed E-state index contributed by atoms with van der Waals surface area (Å²) in [5.74, 6) is 3.12. The van der Waals surface area contributed by atoms with E-state index in [-0.39, 0.29) is 36.3 Å². The summed E-state index contributed by atoms with van der Waals surface area (Å²) in [7, 11) is 0. The fourth-order valence-electron chi connectivity index (χ4n) is 9.33. The molecule has 1 aliphatic heterocycles. The highest BCUT2D eigenvalue weighted by Gasteiger charge is 2.51. The molecule has 0 spiro atoms. The quantitative estimate of drug-likeness (QED) is 0.114. The summed E-state index contributed by atoms with van der Waals surface area (Å²) in [5, 5.41) is 16.9. The fraction of sp³-hybridized carbons (Fsp3) is 0.439. The molecule has 2 heterocycles. The molecule has 0 radical (unpaired) electrons. The molecular weight excluding hydrogens is 645 g/mol. The van der Waals surface area contributed by atoms with Crippen LogP contribution in [0.4, 0.5) is 4.79 Å². The summed E-state index contributed by atoms with van der Waals surface area (Å²) in [6.45, 7) is 2.63. The Morgan fingerprint density at radius 1 is 0.860 bits per heavy atom. The lowest BCUT2D eigenvalue weighted by molar-refractivity contribution is -0.268. The Balaban J connectivity index is 0.962. The zero-order valence-electron chi connectivity index (χ0n) is 28.5. The highest BCUT2D eigenvalue weighted by Crippen LogP contribution is 2.55. The summed E-state index contributed by atoms with van der Waals surface area (Å²) in [6, 6.07) is 26.4. The number of aliphatic hydroxyl groups excluding tert-OH is 1. The number of hydrogen-bond acceptors (Lipinski definition) is 7. The van der Waals surface area contributed by atoms with Gasteiger partial charge in [-0.1, -0.05) is 91.5 Å². The molecule has 3 N–H and O–H groups in total. The van der Waals surface area contributed by atoms with E-state index in [0.717, 1.165) is 75.6 Å². The van der Waals surface area contributed by atoms with Crippen molar-refractivity contribution < 1.29 is 19.4 Å². The van der Waals surface area contributed by atoms with E-state index in [1.807, 2.05) is 42.5 Å². The lowest BCUT2D eigenvalue weighted by Crippen LogP contribution is -2.61. The predicted molar refractivity (Wildman–Crippen MR) is 194 cm³/mol. The second-order valence-electron chi connectivity index (χ2n) is 14.9. The van der Waals surface area contributed by atoms with E-state index in [2.05, 4.69) is 63.9 Å². The van der Waals surface area contributed by atoms with Gasteiger partial charge in [0.1, 0.15) is 0 Å². The highest BCUT2D eigenvalue weighted by atomic mass is 32.2. The molecule has 4 bridgehead atoms. The SMILES string of the molecule is CC1C(CSc2ncccn2)OC(c2ccc(-c3ccccc3CNC(=O)NC34CC5CC(CC(C5)C3)C4)cc2)OC1c1ccc(CO)cc1. The second kappa shape index (κ2) is 14.5. The van der Waals surface area contributed by atoms with Crippen LogP contribution < -0.4 is 10.6 Å². The van der Waals surface area contributed by atoms with Gasteiger partial charge in [0.2, 0.25) is 0 Å². The number of carbonyl (C=O) groups excluding carboxylic acids is 1. The number of thioether (sulfide) groups is 1. The minimum atomic E-state index is -0.560. The van der Waals surface area contributed by atoms with Gasteiger partial charge in [0.15, 0.2) is 11.4 Å². The van der Waals surface area contributed by atoms with Crippen LogP contribution in [0.5, 0.6) is 0 Å². The van der Waals surface area contributed by atoms with E-state index in [0.29, 0.717) is 12.3 Å². The summed E-state index contributed by atoms with van der Waals surface area (Å²) < 4.78 is 13.3. The molecule has 4 aliphatic carbocycles. The molecule has 8 nitrogen and oxygen atoms in total. The number of nitrogens with zero attached hydrogens (tertiary/aromatic N) is 2. The lowest BCUT2D eigenvalue weighted by atomic mass is 9.53. The van der Waals surface area contributed by atoms with Crippen LogP contribution >= 0.6 is 11.8 Å². The number of hydrogen-bond donors (Lipinski definition) is 3. The molecule has 9 rings (SSSR count). The van der Waals surface area contributed by atoms with Gasteiger partial charge < -0.3 is 25.2 Å². The number of benzene rings is 3. The number of urea groups is 1. The number of nitrogens with one attached hydrogen (secondary N) is 2. The smallest absolute Gasteiger partial charge is 0.315 e. The minimum Gasteiger partial charge on any atom is -0.392 e. The first kappa shape index (κ1) is 33.4. The maximum Gasteiger partial charge on any atom is 0.315 e. The van der Waals surface area contributed by atoms with Crippen molar-refractivity contribution in [3.8, 4) is 11.1 Å². The van der Waals surface area contributed by atoms with Crippen molar-refractivity contribution in [2.75, 3.05) is 5.75 Å². The van der Waals surface area contributed by atoms with Crippen molar-refractivity contribution in [1.29, 1.82) is 0 Å². The van der Waals surface area contributed by atoms with Gasteiger partial charge in [-0.05, 0) is 90.2 Å². The standard InChI is InChI=1S/C41H46N4O4S/c1-26-36(25-50-40-42-15-4-16-43-40)48-38(49-37(26)32-9-7-27(24-46)8-10-32)33-13-11-31(12-14-33)35-6-3-2-5-34(35)23-44-39(47)45-41-20-28-17-29(21-41)19-30(18-28)22-41/h2-16,26,28-30,36-38,46H,17-25H2,1H3,(H2,44,45,47). The number of amides is 2. The fourth-order valence-corrected chi connectivity index (χ4v) is 10.3. The van der Waals surface area contributed by atoms with E-state index < -0.39 is 6.29 Å².